The van der Waals surface area contributed by atoms with Crippen molar-refractivity contribution in [2.45, 2.75) is 0 Å². The van der Waals surface area contributed by atoms with Gasteiger partial charge in [-0.3, -0.25) is 19.7 Å². The van der Waals surface area contributed by atoms with Crippen molar-refractivity contribution in [3.8, 4) is 5.75 Å². The van der Waals surface area contributed by atoms with Crippen molar-refractivity contribution in [3.05, 3.63) is 72.3 Å². The summed E-state index contributed by atoms with van der Waals surface area (Å²) in [6, 6.07) is 15.2. The maximum Gasteiger partial charge on any atom is 0.274 e. The van der Waals surface area contributed by atoms with E-state index < -0.39 is 21.8 Å². The number of hydrogen-bond acceptors (Lipinski definition) is 7. The first-order valence-electron chi connectivity index (χ1n) is 9.85. The molecule has 0 aliphatic carbocycles. The molecule has 2 aromatic carbocycles. The molecule has 1 heterocycles. The molecule has 0 radical (unpaired) electrons. The molecule has 0 spiro atoms. The minimum atomic E-state index is -3.37. The van der Waals surface area contributed by atoms with Gasteiger partial charge in [-0.25, -0.2) is 18.6 Å². The quantitative estimate of drug-likeness (QED) is 0.233. The second-order valence-corrected chi connectivity index (χ2v) is 8.78. The third kappa shape index (κ3) is 6.91. The lowest BCUT2D eigenvalue weighted by molar-refractivity contribution is -0.114. The number of anilines is 1. The predicted molar refractivity (Wildman–Crippen MR) is 122 cm³/mol. The zero-order chi connectivity index (χ0) is 23.8. The number of carbonyl (C=O) groups is 2. The molecule has 10 nitrogen and oxygen atoms in total. The summed E-state index contributed by atoms with van der Waals surface area (Å²) < 4.78 is 36.1. The highest BCUT2D eigenvalue weighted by Gasteiger charge is 2.18. The first-order valence-corrected chi connectivity index (χ1v) is 11.7. The molecule has 11 heteroatoms. The summed E-state index contributed by atoms with van der Waals surface area (Å²) in [5, 5.41) is 9.50. The van der Waals surface area contributed by atoms with E-state index in [9.17, 15) is 18.0 Å². The summed E-state index contributed by atoms with van der Waals surface area (Å²) in [4.78, 5) is 25.6. The van der Waals surface area contributed by atoms with Gasteiger partial charge in [0, 0.05) is 29.6 Å². The summed E-state index contributed by atoms with van der Waals surface area (Å²) in [5.41, 5.74) is 2.43. The number of hydroxylamine groups is 1. The number of benzene rings is 2. The normalized spacial score (nSPS) is 11.6. The molecule has 174 valence electrons. The SMILES string of the molecule is CS(=O)(=O)NC/C=C/C(=O)N(CCOc1ccc(C(=O)NO)cc1)c1cc2ccccc2o1. The van der Waals surface area contributed by atoms with Crippen LogP contribution in [-0.2, 0) is 14.8 Å². The van der Waals surface area contributed by atoms with Crippen LogP contribution in [-0.4, -0.2) is 51.4 Å². The fraction of sp³-hybridized carbons (Fsp3) is 0.182. The molecular weight excluding hydrogens is 450 g/mol. The lowest BCUT2D eigenvalue weighted by atomic mass is 10.2. The van der Waals surface area contributed by atoms with E-state index in [1.165, 1.54) is 29.2 Å². The Morgan fingerprint density at radius 2 is 1.88 bits per heavy atom. The fourth-order valence-corrected chi connectivity index (χ4v) is 3.30. The largest absolute Gasteiger partial charge is 0.492 e. The van der Waals surface area contributed by atoms with E-state index in [4.69, 9.17) is 14.4 Å². The molecule has 0 saturated carbocycles. The first-order chi connectivity index (χ1) is 15.8. The Morgan fingerprint density at radius 1 is 1.15 bits per heavy atom. The van der Waals surface area contributed by atoms with E-state index in [2.05, 4.69) is 4.72 Å². The highest BCUT2D eigenvalue weighted by Crippen LogP contribution is 2.26. The van der Waals surface area contributed by atoms with Crippen LogP contribution in [0.3, 0.4) is 0 Å². The summed E-state index contributed by atoms with van der Waals surface area (Å²) in [6.45, 7) is 0.230. The number of rotatable bonds is 10. The molecular formula is C22H23N3O7S. The van der Waals surface area contributed by atoms with Crippen LogP contribution in [0.4, 0.5) is 5.88 Å². The van der Waals surface area contributed by atoms with Gasteiger partial charge in [0.15, 0.2) is 0 Å². The lowest BCUT2D eigenvalue weighted by Crippen LogP contribution is -2.33. The Morgan fingerprint density at radius 3 is 2.55 bits per heavy atom. The second kappa shape index (κ2) is 10.8. The van der Waals surface area contributed by atoms with Crippen LogP contribution in [0, 0.1) is 0 Å². The number of amides is 2. The van der Waals surface area contributed by atoms with E-state index >= 15 is 0 Å². The maximum absolute atomic E-state index is 12.8. The number of hydrogen-bond donors (Lipinski definition) is 3. The van der Waals surface area contributed by atoms with Crippen molar-refractivity contribution in [2.75, 3.05) is 30.9 Å². The Bertz CT molecular complexity index is 1220. The number of nitrogens with one attached hydrogen (secondary N) is 2. The number of para-hydroxylation sites is 1. The van der Waals surface area contributed by atoms with E-state index in [1.807, 2.05) is 18.2 Å². The summed E-state index contributed by atoms with van der Waals surface area (Å²) >= 11 is 0. The number of nitrogens with zero attached hydrogens (tertiary/aromatic N) is 1. The fourth-order valence-electron chi connectivity index (χ4n) is 2.90. The minimum Gasteiger partial charge on any atom is -0.492 e. The smallest absolute Gasteiger partial charge is 0.274 e. The third-order valence-corrected chi connectivity index (χ3v) is 5.16. The third-order valence-electron chi connectivity index (χ3n) is 4.47. The highest BCUT2D eigenvalue weighted by atomic mass is 32.2. The molecule has 3 aromatic rings. The van der Waals surface area contributed by atoms with Crippen LogP contribution in [0.2, 0.25) is 0 Å². The van der Waals surface area contributed by atoms with Gasteiger partial charge in [0.2, 0.25) is 15.9 Å². The molecule has 2 amide bonds. The zero-order valence-corrected chi connectivity index (χ0v) is 18.5. The van der Waals surface area contributed by atoms with Crippen LogP contribution < -0.4 is 19.8 Å². The summed E-state index contributed by atoms with van der Waals surface area (Å²) in [7, 11) is -3.37. The maximum atomic E-state index is 12.8. The standard InChI is InChI=1S/C22H23N3O7S/c1-33(29,30)23-12-4-7-20(26)25(21-15-17-5-2-3-6-19(17)32-21)13-14-31-18-10-8-16(9-11-18)22(27)24-28/h2-11,15,23,28H,12-14H2,1H3,(H,24,27)/b7-4+. The van der Waals surface area contributed by atoms with Crippen molar-refractivity contribution in [1.29, 1.82) is 0 Å². The van der Waals surface area contributed by atoms with Crippen molar-refractivity contribution >= 4 is 38.7 Å². The molecule has 0 aliphatic heterocycles. The van der Waals surface area contributed by atoms with Crippen LogP contribution in [0.5, 0.6) is 5.75 Å². The van der Waals surface area contributed by atoms with Crippen molar-refractivity contribution in [2.24, 2.45) is 0 Å². The van der Waals surface area contributed by atoms with Crippen molar-refractivity contribution < 1.29 is 32.4 Å². The van der Waals surface area contributed by atoms with Gasteiger partial charge in [-0.05, 0) is 30.3 Å². The number of furan rings is 1. The summed E-state index contributed by atoms with van der Waals surface area (Å²) in [6.07, 6.45) is 3.70. The van der Waals surface area contributed by atoms with E-state index in [0.717, 1.165) is 11.6 Å². The van der Waals surface area contributed by atoms with Crippen LogP contribution in [0.1, 0.15) is 10.4 Å². The molecule has 33 heavy (non-hydrogen) atoms. The van der Waals surface area contributed by atoms with E-state index in [-0.39, 0.29) is 25.3 Å². The van der Waals surface area contributed by atoms with Gasteiger partial charge < -0.3 is 9.15 Å². The van der Waals surface area contributed by atoms with E-state index in [0.29, 0.717) is 17.2 Å². The van der Waals surface area contributed by atoms with Gasteiger partial charge in [0.05, 0.1) is 12.8 Å². The Labute approximate surface area is 190 Å². The Balaban J connectivity index is 1.70. The van der Waals surface area contributed by atoms with Gasteiger partial charge in [0.1, 0.15) is 17.9 Å². The molecule has 1 aromatic heterocycles. The Hall–Kier alpha value is -3.67. The number of sulfonamides is 1. The van der Waals surface area contributed by atoms with Crippen LogP contribution in [0.15, 0.2) is 71.2 Å². The second-order valence-electron chi connectivity index (χ2n) is 6.95. The predicted octanol–water partition coefficient (Wildman–Crippen LogP) is 2.07. The number of ether oxygens (including phenoxy) is 1. The number of fused-ring (bicyclic) bond motifs is 1. The van der Waals surface area contributed by atoms with Crippen LogP contribution in [0.25, 0.3) is 11.0 Å². The highest BCUT2D eigenvalue weighted by molar-refractivity contribution is 7.88. The molecule has 3 rings (SSSR count). The van der Waals surface area contributed by atoms with Gasteiger partial charge in [-0.1, -0.05) is 24.3 Å². The molecule has 0 saturated heterocycles. The average molecular weight is 474 g/mol. The van der Waals surface area contributed by atoms with Gasteiger partial charge >= 0.3 is 0 Å². The van der Waals surface area contributed by atoms with Crippen LogP contribution >= 0.6 is 0 Å². The van der Waals surface area contributed by atoms with Gasteiger partial charge in [0.25, 0.3) is 11.8 Å². The van der Waals surface area contributed by atoms with E-state index in [1.54, 1.807) is 29.7 Å². The molecule has 3 N–H and O–H groups in total. The minimum absolute atomic E-state index is 0.0250. The van der Waals surface area contributed by atoms with Gasteiger partial charge in [-0.2, -0.15) is 0 Å². The van der Waals surface area contributed by atoms with Gasteiger partial charge in [-0.15, -0.1) is 0 Å². The number of carbonyl (C=O) groups excluding carboxylic acids is 2. The average Bonchev–Trinajstić information content (AvgIpc) is 3.22. The van der Waals surface area contributed by atoms with Crippen molar-refractivity contribution in [1.82, 2.24) is 10.2 Å². The summed E-state index contributed by atoms with van der Waals surface area (Å²) in [5.74, 6) is -0.266. The molecule has 0 fully saturated rings. The Kier molecular flexibility index (Phi) is 7.83. The lowest BCUT2D eigenvalue weighted by Gasteiger charge is -2.18. The molecule has 0 unspecified atom stereocenters. The topological polar surface area (TPSA) is 138 Å². The molecule has 0 atom stereocenters. The molecule has 0 aliphatic rings. The molecule has 0 bridgehead atoms. The first kappa shape index (κ1) is 24.0. The zero-order valence-electron chi connectivity index (χ0n) is 17.7. The monoisotopic (exact) mass is 473 g/mol. The van der Waals surface area contributed by atoms with Crippen molar-refractivity contribution in [3.63, 3.8) is 0 Å².